The van der Waals surface area contributed by atoms with E-state index in [0.717, 1.165) is 28.0 Å². The predicted molar refractivity (Wildman–Crippen MR) is 191 cm³/mol. The lowest BCUT2D eigenvalue weighted by molar-refractivity contribution is -0.113. The molecule has 8 nitrogen and oxygen atoms in total. The van der Waals surface area contributed by atoms with Gasteiger partial charge in [-0.15, -0.1) is 0 Å². The van der Waals surface area contributed by atoms with Crippen LogP contribution in [0, 0.1) is 13.8 Å². The number of rotatable bonds is 7. The Morgan fingerprint density at radius 3 is 2.38 bits per heavy atom. The molecule has 6 aromatic rings. The molecule has 1 aliphatic heterocycles. The fourth-order valence-electron chi connectivity index (χ4n) is 6.46. The van der Waals surface area contributed by atoms with E-state index in [1.165, 1.54) is 16.7 Å². The zero-order chi connectivity index (χ0) is 33.5. The number of hydrogen-bond acceptors (Lipinski definition) is 6. The SMILES string of the molecule is COc1ccc([C@@H]2C(C(=O)Nc3ccccc3)=C(C)N=c3s/c(=C\c4cc(C)n(-c5ccc6ccccc6c5)c4C)c(=O)n32)c(OC)c1. The first-order valence-electron chi connectivity index (χ1n) is 15.6. The number of anilines is 1. The summed E-state index contributed by atoms with van der Waals surface area (Å²) in [6.45, 7) is 5.93. The van der Waals surface area contributed by atoms with Gasteiger partial charge in [-0.2, -0.15) is 0 Å². The second-order valence-electron chi connectivity index (χ2n) is 11.7. The molecule has 9 heteroatoms. The minimum absolute atomic E-state index is 0.241. The number of nitrogens with one attached hydrogen (secondary N) is 1. The van der Waals surface area contributed by atoms with Crippen LogP contribution in [0.15, 0.2) is 118 Å². The molecule has 0 aliphatic carbocycles. The highest BCUT2D eigenvalue weighted by atomic mass is 32.1. The third-order valence-corrected chi connectivity index (χ3v) is 9.76. The van der Waals surface area contributed by atoms with Gasteiger partial charge in [0.15, 0.2) is 4.80 Å². The van der Waals surface area contributed by atoms with Gasteiger partial charge in [-0.05, 0) is 85.6 Å². The average molecular weight is 655 g/mol. The van der Waals surface area contributed by atoms with Crippen LogP contribution < -0.4 is 29.7 Å². The fourth-order valence-corrected chi connectivity index (χ4v) is 7.50. The van der Waals surface area contributed by atoms with Crippen LogP contribution in [0.2, 0.25) is 0 Å². The number of carbonyl (C=O) groups is 1. The monoisotopic (exact) mass is 654 g/mol. The number of aryl methyl sites for hydroxylation is 1. The highest BCUT2D eigenvalue weighted by Crippen LogP contribution is 2.37. The first-order chi connectivity index (χ1) is 23.3. The minimum atomic E-state index is -0.794. The van der Waals surface area contributed by atoms with Gasteiger partial charge in [0, 0.05) is 34.4 Å². The summed E-state index contributed by atoms with van der Waals surface area (Å²) in [5.74, 6) is 0.742. The first-order valence-corrected chi connectivity index (χ1v) is 16.4. The zero-order valence-electron chi connectivity index (χ0n) is 27.3. The van der Waals surface area contributed by atoms with Gasteiger partial charge in [0.05, 0.1) is 30.0 Å². The first kappa shape index (κ1) is 31.0. The number of carbonyl (C=O) groups excluding carboxylic acids is 1. The van der Waals surface area contributed by atoms with Crippen molar-refractivity contribution in [3.05, 3.63) is 151 Å². The lowest BCUT2D eigenvalue weighted by Gasteiger charge is -2.26. The van der Waals surface area contributed by atoms with Crippen LogP contribution in [0.5, 0.6) is 11.5 Å². The molecule has 1 N–H and O–H groups in total. The lowest BCUT2D eigenvalue weighted by atomic mass is 9.94. The lowest BCUT2D eigenvalue weighted by Crippen LogP contribution is -2.40. The number of amides is 1. The smallest absolute Gasteiger partial charge is 0.271 e. The molecular formula is C39H34N4O4S. The maximum absolute atomic E-state index is 14.4. The Balaban J connectivity index is 1.38. The molecule has 3 heterocycles. The Kier molecular flexibility index (Phi) is 8.06. The molecule has 0 saturated heterocycles. The predicted octanol–water partition coefficient (Wildman–Crippen LogP) is 6.45. The number of benzene rings is 4. The Labute approximate surface area is 281 Å². The molecule has 4 aromatic carbocycles. The molecule has 1 amide bonds. The maximum atomic E-state index is 14.4. The molecule has 1 aliphatic rings. The van der Waals surface area contributed by atoms with Gasteiger partial charge >= 0.3 is 0 Å². The summed E-state index contributed by atoms with van der Waals surface area (Å²) in [4.78, 5) is 33.7. The number of ether oxygens (including phenoxy) is 2. The third kappa shape index (κ3) is 5.42. The van der Waals surface area contributed by atoms with Gasteiger partial charge in [0.2, 0.25) is 0 Å². The van der Waals surface area contributed by atoms with E-state index in [1.54, 1.807) is 37.8 Å². The summed E-state index contributed by atoms with van der Waals surface area (Å²) >= 11 is 1.31. The topological polar surface area (TPSA) is 86.9 Å². The van der Waals surface area contributed by atoms with E-state index in [9.17, 15) is 9.59 Å². The van der Waals surface area contributed by atoms with Crippen molar-refractivity contribution < 1.29 is 14.3 Å². The number of aromatic nitrogens is 2. The van der Waals surface area contributed by atoms with E-state index in [0.29, 0.717) is 43.4 Å². The number of methoxy groups -OCH3 is 2. The number of allylic oxidation sites excluding steroid dienone is 1. The van der Waals surface area contributed by atoms with Crippen LogP contribution in [0.4, 0.5) is 5.69 Å². The summed E-state index contributed by atoms with van der Waals surface area (Å²) < 4.78 is 15.6. The molecule has 0 unspecified atom stereocenters. The highest BCUT2D eigenvalue weighted by Gasteiger charge is 2.34. The maximum Gasteiger partial charge on any atom is 0.271 e. The van der Waals surface area contributed by atoms with Gasteiger partial charge in [-0.3, -0.25) is 14.2 Å². The summed E-state index contributed by atoms with van der Waals surface area (Å²) in [6.07, 6.45) is 1.93. The average Bonchev–Trinajstić information content (AvgIpc) is 3.56. The molecule has 2 aromatic heterocycles. The van der Waals surface area contributed by atoms with Gasteiger partial charge in [0.1, 0.15) is 17.5 Å². The van der Waals surface area contributed by atoms with Crippen molar-refractivity contribution in [1.82, 2.24) is 9.13 Å². The van der Waals surface area contributed by atoms with Crippen molar-refractivity contribution in [3.8, 4) is 17.2 Å². The van der Waals surface area contributed by atoms with Crippen LogP contribution in [0.3, 0.4) is 0 Å². The Morgan fingerprint density at radius 2 is 1.62 bits per heavy atom. The van der Waals surface area contributed by atoms with E-state index in [-0.39, 0.29) is 11.5 Å². The van der Waals surface area contributed by atoms with E-state index in [2.05, 4.69) is 60.1 Å². The van der Waals surface area contributed by atoms with Crippen molar-refractivity contribution >= 4 is 39.8 Å². The summed E-state index contributed by atoms with van der Waals surface area (Å²) in [5.41, 5.74) is 5.98. The van der Waals surface area contributed by atoms with Gasteiger partial charge in [-0.1, -0.05) is 59.9 Å². The van der Waals surface area contributed by atoms with Crippen LogP contribution in [0.1, 0.15) is 35.5 Å². The normalized spacial score (nSPS) is 14.5. The molecule has 0 spiro atoms. The molecule has 0 radical (unpaired) electrons. The zero-order valence-corrected chi connectivity index (χ0v) is 28.1. The Morgan fingerprint density at radius 1 is 0.875 bits per heavy atom. The van der Waals surface area contributed by atoms with Gasteiger partial charge < -0.3 is 19.4 Å². The van der Waals surface area contributed by atoms with Gasteiger partial charge in [0.25, 0.3) is 11.5 Å². The standard InChI is InChI=1S/C39H34N4O4S/c1-23-19-28(25(3)42(23)30-16-15-26-11-9-10-12-27(26)20-30)21-34-38(45)43-36(32-18-17-31(46-4)22-33(32)47-5)35(24(2)40-39(43)48-34)37(44)41-29-13-7-6-8-14-29/h6-22,36H,1-5H3,(H,41,44)/b34-21-/t36-/m1/s1. The van der Waals surface area contributed by atoms with Crippen molar-refractivity contribution in [2.24, 2.45) is 4.99 Å². The quantitative estimate of drug-likeness (QED) is 0.214. The molecule has 0 saturated carbocycles. The van der Waals surface area contributed by atoms with Crippen LogP contribution >= 0.6 is 11.3 Å². The third-order valence-electron chi connectivity index (χ3n) is 8.78. The van der Waals surface area contributed by atoms with E-state index >= 15 is 0 Å². The van der Waals surface area contributed by atoms with E-state index < -0.39 is 6.04 Å². The minimum Gasteiger partial charge on any atom is -0.497 e. The summed E-state index contributed by atoms with van der Waals surface area (Å²) in [7, 11) is 3.14. The molecule has 48 heavy (non-hydrogen) atoms. The van der Waals surface area contributed by atoms with Crippen molar-refractivity contribution in [1.29, 1.82) is 0 Å². The second kappa shape index (κ2) is 12.5. The van der Waals surface area contributed by atoms with Crippen molar-refractivity contribution in [2.45, 2.75) is 26.8 Å². The molecule has 7 rings (SSSR count). The number of nitrogens with zero attached hydrogens (tertiary/aromatic N) is 3. The van der Waals surface area contributed by atoms with E-state index in [4.69, 9.17) is 14.5 Å². The Bertz CT molecular complexity index is 2440. The summed E-state index contributed by atoms with van der Waals surface area (Å²) in [5, 5.41) is 5.34. The fraction of sp³-hybridized carbons (Fsp3) is 0.154. The largest absolute Gasteiger partial charge is 0.497 e. The van der Waals surface area contributed by atoms with Crippen LogP contribution in [0.25, 0.3) is 22.5 Å². The number of para-hydroxylation sites is 1. The molecular weight excluding hydrogens is 621 g/mol. The van der Waals surface area contributed by atoms with E-state index in [1.807, 2.05) is 54.6 Å². The summed E-state index contributed by atoms with van der Waals surface area (Å²) in [6, 6.07) is 30.7. The molecule has 0 fully saturated rings. The van der Waals surface area contributed by atoms with Crippen molar-refractivity contribution in [3.63, 3.8) is 0 Å². The van der Waals surface area contributed by atoms with Crippen LogP contribution in [-0.4, -0.2) is 29.3 Å². The highest BCUT2D eigenvalue weighted by molar-refractivity contribution is 7.07. The molecule has 240 valence electrons. The second-order valence-corrected chi connectivity index (χ2v) is 12.7. The molecule has 1 atom stereocenters. The van der Waals surface area contributed by atoms with Gasteiger partial charge in [-0.25, -0.2) is 4.99 Å². The Hall–Kier alpha value is -5.67. The molecule has 0 bridgehead atoms. The number of fused-ring (bicyclic) bond motifs is 2. The van der Waals surface area contributed by atoms with Crippen molar-refractivity contribution in [2.75, 3.05) is 19.5 Å². The number of hydrogen-bond donors (Lipinski definition) is 1. The van der Waals surface area contributed by atoms with Crippen LogP contribution in [-0.2, 0) is 4.79 Å². The number of thiazole rings is 1.